The molecule has 1 fully saturated rings. The first-order valence-electron chi connectivity index (χ1n) is 8.64. The maximum Gasteiger partial charge on any atom is 0.260 e. The van der Waals surface area contributed by atoms with Gasteiger partial charge in [-0.3, -0.25) is 9.59 Å². The molecule has 1 aliphatic heterocycles. The van der Waals surface area contributed by atoms with E-state index < -0.39 is 6.10 Å². The Hall–Kier alpha value is -1.27. The third kappa shape index (κ3) is 6.51. The van der Waals surface area contributed by atoms with E-state index in [2.05, 4.69) is 21.2 Å². The number of halogens is 2. The number of carbonyl (C=O) groups excluding carboxylic acids is 2. The Morgan fingerprint density at radius 3 is 2.96 bits per heavy atom. The molecule has 0 radical (unpaired) electrons. The topological polar surface area (TPSA) is 58.6 Å². The minimum atomic E-state index is -0.614. The van der Waals surface area contributed by atoms with E-state index in [0.717, 1.165) is 32.2 Å². The second-order valence-corrected chi connectivity index (χ2v) is 7.46. The van der Waals surface area contributed by atoms with Crippen LogP contribution in [0.5, 0.6) is 5.75 Å². The Labute approximate surface area is 162 Å². The Morgan fingerprint density at radius 2 is 2.20 bits per heavy atom. The number of amides is 2. The second kappa shape index (κ2) is 10.0. The number of nitrogens with zero attached hydrogens (tertiary/aromatic N) is 1. The van der Waals surface area contributed by atoms with Crippen molar-refractivity contribution in [1.82, 2.24) is 10.2 Å². The summed E-state index contributed by atoms with van der Waals surface area (Å²) in [7, 11) is 0. The monoisotopic (exact) mass is 430 g/mol. The molecule has 1 atom stereocenters. The molecule has 2 rings (SSSR count). The molecule has 0 bridgehead atoms. The van der Waals surface area contributed by atoms with Gasteiger partial charge in [-0.1, -0.05) is 18.0 Å². The Kier molecular flexibility index (Phi) is 8.03. The van der Waals surface area contributed by atoms with E-state index in [1.165, 1.54) is 0 Å². The zero-order chi connectivity index (χ0) is 18.2. The van der Waals surface area contributed by atoms with Crippen LogP contribution in [0.1, 0.15) is 39.0 Å². The number of ether oxygens (including phenoxy) is 1. The lowest BCUT2D eigenvalue weighted by Crippen LogP contribution is -2.38. The third-order valence-electron chi connectivity index (χ3n) is 4.14. The van der Waals surface area contributed by atoms with Gasteiger partial charge in [0.1, 0.15) is 5.75 Å². The number of benzene rings is 1. The average Bonchev–Trinajstić information content (AvgIpc) is 2.78. The molecule has 1 heterocycles. The highest BCUT2D eigenvalue weighted by Gasteiger charge is 2.18. The molecule has 5 nitrogen and oxygen atoms in total. The lowest BCUT2D eigenvalue weighted by atomic mass is 10.2. The minimum Gasteiger partial charge on any atom is -0.480 e. The number of likely N-dealkylation sites (tertiary alicyclic amines) is 1. The highest BCUT2D eigenvalue weighted by Crippen LogP contribution is 2.28. The average molecular weight is 432 g/mol. The first kappa shape index (κ1) is 20.0. The molecule has 1 aliphatic rings. The molecule has 7 heteroatoms. The minimum absolute atomic E-state index is 0.177. The molecule has 25 heavy (non-hydrogen) atoms. The molecule has 1 N–H and O–H groups in total. The molecule has 1 aromatic rings. The van der Waals surface area contributed by atoms with Crippen molar-refractivity contribution in [3.63, 3.8) is 0 Å². The zero-order valence-electron chi connectivity index (χ0n) is 14.4. The van der Waals surface area contributed by atoms with E-state index in [1.807, 2.05) is 4.90 Å². The summed E-state index contributed by atoms with van der Waals surface area (Å²) in [5, 5.41) is 3.46. The number of hydrogen-bond donors (Lipinski definition) is 1. The van der Waals surface area contributed by atoms with Gasteiger partial charge in [-0.2, -0.15) is 0 Å². The van der Waals surface area contributed by atoms with Crippen LogP contribution in [0.2, 0.25) is 5.02 Å². The first-order valence-corrected chi connectivity index (χ1v) is 9.81. The fourth-order valence-electron chi connectivity index (χ4n) is 2.71. The number of rotatable bonds is 7. The smallest absolute Gasteiger partial charge is 0.260 e. The molecular formula is C18H24BrClN2O3. The van der Waals surface area contributed by atoms with Crippen LogP contribution in [0.15, 0.2) is 22.7 Å². The summed E-state index contributed by atoms with van der Waals surface area (Å²) in [6, 6.07) is 5.16. The van der Waals surface area contributed by atoms with Gasteiger partial charge in [0.15, 0.2) is 6.10 Å². The molecule has 1 aromatic carbocycles. The number of hydrogen-bond acceptors (Lipinski definition) is 3. The van der Waals surface area contributed by atoms with Crippen molar-refractivity contribution in [1.29, 1.82) is 0 Å². The van der Waals surface area contributed by atoms with Crippen LogP contribution in [0.4, 0.5) is 0 Å². The first-order chi connectivity index (χ1) is 12.0. The van der Waals surface area contributed by atoms with Crippen LogP contribution in [0.3, 0.4) is 0 Å². The molecule has 1 unspecified atom stereocenters. The number of nitrogens with one attached hydrogen (secondary N) is 1. The van der Waals surface area contributed by atoms with Crippen molar-refractivity contribution in [2.45, 2.75) is 45.1 Å². The molecule has 1 saturated heterocycles. The van der Waals surface area contributed by atoms with Crippen molar-refractivity contribution >= 4 is 39.3 Å². The second-order valence-electron chi connectivity index (χ2n) is 6.17. The zero-order valence-corrected chi connectivity index (χ0v) is 16.7. The van der Waals surface area contributed by atoms with Crippen LogP contribution < -0.4 is 10.1 Å². The molecule has 138 valence electrons. The Bertz CT molecular complexity index is 612. The summed E-state index contributed by atoms with van der Waals surface area (Å²) in [5.41, 5.74) is 0. The fourth-order valence-corrected chi connectivity index (χ4v) is 3.49. The van der Waals surface area contributed by atoms with E-state index >= 15 is 0 Å². The lowest BCUT2D eigenvalue weighted by Gasteiger charge is -2.21. The standard InChI is InChI=1S/C18H24BrClN2O3/c1-13(25-16-8-7-14(20)12-15(16)19)18(24)21-9-5-11-22-10-4-2-3-6-17(22)23/h7-8,12-13H,2-6,9-11H2,1H3,(H,21,24). The molecule has 0 aromatic heterocycles. The molecule has 0 aliphatic carbocycles. The van der Waals surface area contributed by atoms with Crippen LogP contribution >= 0.6 is 27.5 Å². The highest BCUT2D eigenvalue weighted by atomic mass is 79.9. The van der Waals surface area contributed by atoms with Crippen LogP contribution in [0.25, 0.3) is 0 Å². The maximum absolute atomic E-state index is 12.1. The summed E-state index contributed by atoms with van der Waals surface area (Å²) in [6.07, 6.45) is 3.95. The van der Waals surface area contributed by atoms with Gasteiger partial charge in [0.05, 0.1) is 4.47 Å². The van der Waals surface area contributed by atoms with Gasteiger partial charge in [0.25, 0.3) is 5.91 Å². The van der Waals surface area contributed by atoms with Gasteiger partial charge in [-0.15, -0.1) is 0 Å². The van der Waals surface area contributed by atoms with Crippen molar-refractivity contribution in [3.05, 3.63) is 27.7 Å². The van der Waals surface area contributed by atoms with Crippen molar-refractivity contribution < 1.29 is 14.3 Å². The fraction of sp³-hybridized carbons (Fsp3) is 0.556. The Balaban J connectivity index is 1.71. The summed E-state index contributed by atoms with van der Waals surface area (Å²) >= 11 is 9.26. The predicted molar refractivity (Wildman–Crippen MR) is 102 cm³/mol. The van der Waals surface area contributed by atoms with E-state index in [1.54, 1.807) is 25.1 Å². The van der Waals surface area contributed by atoms with Crippen LogP contribution in [-0.2, 0) is 9.59 Å². The normalized spacial score (nSPS) is 16.3. The van der Waals surface area contributed by atoms with Gasteiger partial charge >= 0.3 is 0 Å². The summed E-state index contributed by atoms with van der Waals surface area (Å²) < 4.78 is 6.37. The van der Waals surface area contributed by atoms with E-state index in [4.69, 9.17) is 16.3 Å². The van der Waals surface area contributed by atoms with Gasteiger partial charge in [0.2, 0.25) is 5.91 Å². The lowest BCUT2D eigenvalue weighted by molar-refractivity contribution is -0.130. The summed E-state index contributed by atoms with van der Waals surface area (Å²) in [4.78, 5) is 26.0. The quantitative estimate of drug-likeness (QED) is 0.668. The highest BCUT2D eigenvalue weighted by molar-refractivity contribution is 9.10. The molecule has 0 saturated carbocycles. The van der Waals surface area contributed by atoms with Gasteiger partial charge in [0, 0.05) is 31.1 Å². The summed E-state index contributed by atoms with van der Waals surface area (Å²) in [6.45, 7) is 3.75. The molecule has 0 spiro atoms. The third-order valence-corrected chi connectivity index (χ3v) is 5.00. The van der Waals surface area contributed by atoms with E-state index in [0.29, 0.717) is 34.8 Å². The van der Waals surface area contributed by atoms with Crippen molar-refractivity contribution in [3.8, 4) is 5.75 Å². The van der Waals surface area contributed by atoms with E-state index in [-0.39, 0.29) is 11.8 Å². The SMILES string of the molecule is CC(Oc1ccc(Cl)cc1Br)C(=O)NCCCN1CCCCCC1=O. The maximum atomic E-state index is 12.1. The largest absolute Gasteiger partial charge is 0.480 e. The Morgan fingerprint density at radius 1 is 1.40 bits per heavy atom. The van der Waals surface area contributed by atoms with E-state index in [9.17, 15) is 9.59 Å². The number of carbonyl (C=O) groups is 2. The van der Waals surface area contributed by atoms with Crippen LogP contribution in [-0.4, -0.2) is 42.5 Å². The van der Waals surface area contributed by atoms with Gasteiger partial charge in [-0.25, -0.2) is 0 Å². The molecule has 2 amide bonds. The summed E-state index contributed by atoms with van der Waals surface area (Å²) in [5.74, 6) is 0.624. The van der Waals surface area contributed by atoms with Crippen molar-refractivity contribution in [2.24, 2.45) is 0 Å². The van der Waals surface area contributed by atoms with Crippen LogP contribution in [0, 0.1) is 0 Å². The molecular weight excluding hydrogens is 408 g/mol. The van der Waals surface area contributed by atoms with Gasteiger partial charge in [-0.05, 0) is 60.3 Å². The van der Waals surface area contributed by atoms with Crippen molar-refractivity contribution in [2.75, 3.05) is 19.6 Å². The van der Waals surface area contributed by atoms with Gasteiger partial charge < -0.3 is 15.0 Å². The predicted octanol–water partition coefficient (Wildman–Crippen LogP) is 3.78.